The van der Waals surface area contributed by atoms with E-state index < -0.39 is 12.1 Å². The predicted octanol–water partition coefficient (Wildman–Crippen LogP) is 4.30. The van der Waals surface area contributed by atoms with Crippen molar-refractivity contribution >= 4 is 46.9 Å². The van der Waals surface area contributed by atoms with Crippen LogP contribution in [-0.4, -0.2) is 24.5 Å². The van der Waals surface area contributed by atoms with E-state index >= 15 is 0 Å². The number of amides is 1. The first-order valence-electron chi connectivity index (χ1n) is 6.77. The monoisotopic (exact) mass is 379 g/mol. The number of allylic oxidation sites excluding steroid dienone is 1. The number of hydrogen-bond acceptors (Lipinski definition) is 4. The van der Waals surface area contributed by atoms with E-state index in [2.05, 4.69) is 5.32 Å². The molecule has 5 nitrogen and oxygen atoms in total. The van der Waals surface area contributed by atoms with Crippen molar-refractivity contribution in [1.29, 1.82) is 0 Å². The quantitative estimate of drug-likeness (QED) is 0.435. The molecule has 0 bridgehead atoms. The molecular formula is C15H16Cl3NO4. The number of benzene rings is 1. The Balaban J connectivity index is 2.58. The smallest absolute Gasteiger partial charge is 0.411 e. The Labute approximate surface area is 149 Å². The molecule has 0 saturated carbocycles. The number of rotatable bonds is 7. The van der Waals surface area contributed by atoms with Gasteiger partial charge in [-0.05, 0) is 24.6 Å². The van der Waals surface area contributed by atoms with E-state index in [-0.39, 0.29) is 19.1 Å². The van der Waals surface area contributed by atoms with E-state index in [0.717, 1.165) is 0 Å². The van der Waals surface area contributed by atoms with E-state index in [4.69, 9.17) is 44.3 Å². The van der Waals surface area contributed by atoms with Crippen molar-refractivity contribution in [2.24, 2.45) is 0 Å². The Morgan fingerprint density at radius 1 is 1.22 bits per heavy atom. The second-order valence-corrected chi connectivity index (χ2v) is 5.50. The highest BCUT2D eigenvalue weighted by Gasteiger charge is 2.09. The summed E-state index contributed by atoms with van der Waals surface area (Å²) in [6, 6.07) is 4.90. The second-order valence-electron chi connectivity index (χ2n) is 4.31. The summed E-state index contributed by atoms with van der Waals surface area (Å²) in [4.78, 5) is 23.2. The zero-order valence-electron chi connectivity index (χ0n) is 12.4. The second kappa shape index (κ2) is 10.4. The standard InChI is InChI=1S/C15H16Cl3NO4/c1-2-22-14(20)8-11(5-6-16)19-15(21)23-9-10-3-4-12(17)13(18)7-10/h3-4,7-8H,2,5-6,9H2,1H3,(H,19,21). The van der Waals surface area contributed by atoms with E-state index in [9.17, 15) is 9.59 Å². The van der Waals surface area contributed by atoms with Crippen LogP contribution < -0.4 is 5.32 Å². The van der Waals surface area contributed by atoms with Crippen molar-refractivity contribution in [3.63, 3.8) is 0 Å². The molecule has 23 heavy (non-hydrogen) atoms. The Bertz CT molecular complexity index is 590. The normalized spacial score (nSPS) is 11.0. The van der Waals surface area contributed by atoms with Crippen LogP contribution in [-0.2, 0) is 20.9 Å². The number of alkyl carbamates (subject to hydrolysis) is 1. The van der Waals surface area contributed by atoms with Crippen LogP contribution in [0, 0.1) is 0 Å². The van der Waals surface area contributed by atoms with E-state index in [1.165, 1.54) is 6.08 Å². The molecule has 0 aliphatic carbocycles. The third-order valence-electron chi connectivity index (χ3n) is 2.56. The van der Waals surface area contributed by atoms with Gasteiger partial charge in [-0.1, -0.05) is 29.3 Å². The summed E-state index contributed by atoms with van der Waals surface area (Å²) in [6.45, 7) is 1.94. The summed E-state index contributed by atoms with van der Waals surface area (Å²) >= 11 is 17.3. The molecule has 8 heteroatoms. The minimum Gasteiger partial charge on any atom is -0.463 e. The summed E-state index contributed by atoms with van der Waals surface area (Å²) < 4.78 is 9.83. The van der Waals surface area contributed by atoms with Crippen LogP contribution in [0.4, 0.5) is 4.79 Å². The van der Waals surface area contributed by atoms with Gasteiger partial charge in [0.15, 0.2) is 0 Å². The number of carbonyl (C=O) groups is 2. The first-order valence-corrected chi connectivity index (χ1v) is 8.06. The highest BCUT2D eigenvalue weighted by atomic mass is 35.5. The van der Waals surface area contributed by atoms with Crippen LogP contribution in [0.25, 0.3) is 0 Å². The third-order valence-corrected chi connectivity index (χ3v) is 3.49. The zero-order chi connectivity index (χ0) is 17.2. The molecule has 0 fully saturated rings. The minimum absolute atomic E-state index is 0.0102. The molecule has 0 atom stereocenters. The van der Waals surface area contributed by atoms with Gasteiger partial charge in [0.1, 0.15) is 6.61 Å². The fraction of sp³-hybridized carbons (Fsp3) is 0.333. The third kappa shape index (κ3) is 7.59. The molecular weight excluding hydrogens is 365 g/mol. The average molecular weight is 381 g/mol. The first-order chi connectivity index (χ1) is 11.0. The van der Waals surface area contributed by atoms with Crippen molar-refractivity contribution in [1.82, 2.24) is 5.32 Å². The van der Waals surface area contributed by atoms with Gasteiger partial charge in [0.05, 0.1) is 16.7 Å². The summed E-state index contributed by atoms with van der Waals surface area (Å²) in [5.74, 6) is -0.324. The number of carbonyl (C=O) groups excluding carboxylic acids is 2. The Morgan fingerprint density at radius 3 is 2.57 bits per heavy atom. The Kier molecular flexibility index (Phi) is 8.84. The fourth-order valence-electron chi connectivity index (χ4n) is 1.54. The molecule has 1 aromatic rings. The topological polar surface area (TPSA) is 64.6 Å². The molecule has 1 rings (SSSR count). The highest BCUT2D eigenvalue weighted by Crippen LogP contribution is 2.22. The molecule has 0 unspecified atom stereocenters. The predicted molar refractivity (Wildman–Crippen MR) is 89.8 cm³/mol. The van der Waals surface area contributed by atoms with Gasteiger partial charge in [-0.3, -0.25) is 5.32 Å². The lowest BCUT2D eigenvalue weighted by Crippen LogP contribution is -2.25. The highest BCUT2D eigenvalue weighted by molar-refractivity contribution is 6.42. The fourth-order valence-corrected chi connectivity index (χ4v) is 2.07. The summed E-state index contributed by atoms with van der Waals surface area (Å²) in [5.41, 5.74) is 1.00. The molecule has 0 aliphatic rings. The maximum atomic E-state index is 11.8. The Hall–Kier alpha value is -1.43. The van der Waals surface area contributed by atoms with Crippen molar-refractivity contribution in [2.45, 2.75) is 20.0 Å². The minimum atomic E-state index is -0.711. The van der Waals surface area contributed by atoms with E-state index in [1.807, 2.05) is 0 Å². The lowest BCUT2D eigenvalue weighted by Gasteiger charge is -2.10. The Morgan fingerprint density at radius 2 is 1.96 bits per heavy atom. The largest absolute Gasteiger partial charge is 0.463 e. The van der Waals surface area contributed by atoms with Gasteiger partial charge in [0, 0.05) is 24.1 Å². The molecule has 0 radical (unpaired) electrons. The van der Waals surface area contributed by atoms with Crippen LogP contribution in [0.15, 0.2) is 30.0 Å². The molecule has 1 amide bonds. The van der Waals surface area contributed by atoms with E-state index in [1.54, 1.807) is 25.1 Å². The number of ether oxygens (including phenoxy) is 2. The molecule has 1 aromatic carbocycles. The van der Waals surface area contributed by atoms with Crippen molar-refractivity contribution < 1.29 is 19.1 Å². The molecule has 0 aromatic heterocycles. The molecule has 1 N–H and O–H groups in total. The van der Waals surface area contributed by atoms with Crippen LogP contribution in [0.1, 0.15) is 18.9 Å². The van der Waals surface area contributed by atoms with Crippen molar-refractivity contribution in [3.05, 3.63) is 45.6 Å². The van der Waals surface area contributed by atoms with Gasteiger partial charge in [0.25, 0.3) is 0 Å². The van der Waals surface area contributed by atoms with Crippen molar-refractivity contribution in [3.8, 4) is 0 Å². The van der Waals surface area contributed by atoms with Gasteiger partial charge in [-0.25, -0.2) is 9.59 Å². The number of hydrogen-bond donors (Lipinski definition) is 1. The van der Waals surface area contributed by atoms with Crippen LogP contribution in [0.5, 0.6) is 0 Å². The van der Waals surface area contributed by atoms with Crippen LogP contribution in [0.3, 0.4) is 0 Å². The molecule has 126 valence electrons. The first kappa shape index (κ1) is 19.6. The van der Waals surface area contributed by atoms with Gasteiger partial charge < -0.3 is 9.47 Å². The maximum absolute atomic E-state index is 11.8. The average Bonchev–Trinajstić information content (AvgIpc) is 2.49. The maximum Gasteiger partial charge on any atom is 0.411 e. The lowest BCUT2D eigenvalue weighted by atomic mass is 10.2. The van der Waals surface area contributed by atoms with Gasteiger partial charge >= 0.3 is 12.1 Å². The summed E-state index contributed by atoms with van der Waals surface area (Å²) in [5, 5.41) is 3.25. The molecule has 0 aliphatic heterocycles. The number of halogens is 3. The molecule has 0 spiro atoms. The van der Waals surface area contributed by atoms with Gasteiger partial charge in [-0.2, -0.15) is 0 Å². The van der Waals surface area contributed by atoms with Crippen LogP contribution >= 0.6 is 34.8 Å². The molecule has 0 heterocycles. The summed E-state index contributed by atoms with van der Waals surface area (Å²) in [6.07, 6.45) is 0.755. The van der Waals surface area contributed by atoms with Crippen LogP contribution in [0.2, 0.25) is 10.0 Å². The van der Waals surface area contributed by atoms with Gasteiger partial charge in [0.2, 0.25) is 0 Å². The molecule has 0 saturated heterocycles. The number of alkyl halides is 1. The van der Waals surface area contributed by atoms with E-state index in [0.29, 0.717) is 27.7 Å². The van der Waals surface area contributed by atoms with Crippen molar-refractivity contribution in [2.75, 3.05) is 12.5 Å². The number of nitrogens with one attached hydrogen (secondary N) is 1. The number of esters is 1. The zero-order valence-corrected chi connectivity index (χ0v) is 14.7. The lowest BCUT2D eigenvalue weighted by molar-refractivity contribution is -0.137. The van der Waals surface area contributed by atoms with Gasteiger partial charge in [-0.15, -0.1) is 11.6 Å². The summed E-state index contributed by atoms with van der Waals surface area (Å²) in [7, 11) is 0. The SMILES string of the molecule is CCOC(=O)C=C(CCCl)NC(=O)OCc1ccc(Cl)c(Cl)c1.